The van der Waals surface area contributed by atoms with Crippen molar-refractivity contribution in [2.45, 2.75) is 11.7 Å². The average Bonchev–Trinajstić information content (AvgIpc) is 3.02. The van der Waals surface area contributed by atoms with E-state index in [-0.39, 0.29) is 16.4 Å². The zero-order chi connectivity index (χ0) is 16.9. The molecule has 0 bridgehead atoms. The van der Waals surface area contributed by atoms with Crippen molar-refractivity contribution in [3.63, 3.8) is 0 Å². The van der Waals surface area contributed by atoms with Gasteiger partial charge in [0.1, 0.15) is 6.33 Å². The van der Waals surface area contributed by atoms with E-state index in [9.17, 15) is 14.9 Å². The van der Waals surface area contributed by atoms with Crippen LogP contribution in [0.4, 0.5) is 5.69 Å². The van der Waals surface area contributed by atoms with Crippen LogP contribution in [-0.4, -0.2) is 24.8 Å². The standard InChI is InChI=1S/C16H12N4O3S/c21-15(13-7-4-8-14(9-13)20(22)23)24-16-18-17-11-19(16)10-12-5-2-1-3-6-12/h1-9,11H,10H2. The van der Waals surface area contributed by atoms with E-state index in [1.807, 2.05) is 30.3 Å². The van der Waals surface area contributed by atoms with Crippen molar-refractivity contribution < 1.29 is 9.72 Å². The van der Waals surface area contributed by atoms with E-state index in [1.165, 1.54) is 18.2 Å². The van der Waals surface area contributed by atoms with Crippen molar-refractivity contribution in [2.75, 3.05) is 0 Å². The first kappa shape index (κ1) is 15.9. The van der Waals surface area contributed by atoms with Crippen molar-refractivity contribution in [3.8, 4) is 0 Å². The number of nitro groups is 1. The summed E-state index contributed by atoms with van der Waals surface area (Å²) >= 11 is 0.897. The first-order chi connectivity index (χ1) is 11.6. The number of benzene rings is 2. The van der Waals surface area contributed by atoms with E-state index in [0.29, 0.717) is 11.7 Å². The number of carbonyl (C=O) groups is 1. The lowest BCUT2D eigenvalue weighted by Gasteiger charge is -2.05. The Morgan fingerprint density at radius 2 is 1.96 bits per heavy atom. The van der Waals surface area contributed by atoms with Gasteiger partial charge in [0.05, 0.1) is 11.5 Å². The van der Waals surface area contributed by atoms with Crippen LogP contribution < -0.4 is 0 Å². The third-order valence-corrected chi connectivity index (χ3v) is 4.17. The van der Waals surface area contributed by atoms with E-state index in [0.717, 1.165) is 17.3 Å². The first-order valence-electron chi connectivity index (χ1n) is 7.02. The smallest absolute Gasteiger partial charge is 0.270 e. The monoisotopic (exact) mass is 340 g/mol. The molecule has 0 radical (unpaired) electrons. The Bertz CT molecular complexity index is 880. The largest absolute Gasteiger partial charge is 0.304 e. The molecule has 0 atom stereocenters. The molecule has 1 aromatic heterocycles. The minimum Gasteiger partial charge on any atom is -0.304 e. The number of rotatable bonds is 5. The molecule has 1 heterocycles. The topological polar surface area (TPSA) is 90.9 Å². The molecule has 8 heteroatoms. The molecular formula is C16H12N4O3S. The SMILES string of the molecule is O=C(Sc1nncn1Cc1ccccc1)c1cccc([N+](=O)[O-])c1. The number of non-ortho nitro benzene ring substituents is 1. The van der Waals surface area contributed by atoms with Gasteiger partial charge in [0, 0.05) is 17.7 Å². The van der Waals surface area contributed by atoms with Crippen LogP contribution in [0.2, 0.25) is 0 Å². The number of thioether (sulfide) groups is 1. The minimum atomic E-state index is -0.528. The average molecular weight is 340 g/mol. The van der Waals surface area contributed by atoms with Gasteiger partial charge in [-0.15, -0.1) is 10.2 Å². The molecule has 0 unspecified atom stereocenters. The summed E-state index contributed by atoms with van der Waals surface area (Å²) in [5.41, 5.74) is 1.19. The molecule has 0 amide bonds. The van der Waals surface area contributed by atoms with Gasteiger partial charge in [-0.25, -0.2) is 0 Å². The molecule has 0 N–H and O–H groups in total. The van der Waals surface area contributed by atoms with Crippen LogP contribution in [-0.2, 0) is 6.54 Å². The highest BCUT2D eigenvalue weighted by Gasteiger charge is 2.16. The summed E-state index contributed by atoms with van der Waals surface area (Å²) in [6.07, 6.45) is 1.55. The fourth-order valence-corrected chi connectivity index (χ4v) is 2.83. The molecule has 0 aliphatic heterocycles. The van der Waals surface area contributed by atoms with E-state index in [4.69, 9.17) is 0 Å². The lowest BCUT2D eigenvalue weighted by molar-refractivity contribution is -0.384. The third kappa shape index (κ3) is 3.66. The Labute approximate surface area is 141 Å². The number of nitrogens with zero attached hydrogens (tertiary/aromatic N) is 4. The zero-order valence-corrected chi connectivity index (χ0v) is 13.2. The van der Waals surface area contributed by atoms with Crippen LogP contribution in [0.15, 0.2) is 66.1 Å². The van der Waals surface area contributed by atoms with Gasteiger partial charge >= 0.3 is 0 Å². The molecule has 0 fully saturated rings. The number of aromatic nitrogens is 3. The predicted molar refractivity (Wildman–Crippen MR) is 88.8 cm³/mol. The minimum absolute atomic E-state index is 0.118. The molecule has 3 rings (SSSR count). The van der Waals surface area contributed by atoms with Crippen molar-refractivity contribution >= 4 is 22.6 Å². The normalized spacial score (nSPS) is 10.5. The van der Waals surface area contributed by atoms with Gasteiger partial charge in [-0.1, -0.05) is 36.4 Å². The maximum Gasteiger partial charge on any atom is 0.270 e. The van der Waals surface area contributed by atoms with Crippen LogP contribution in [0.3, 0.4) is 0 Å². The molecule has 0 saturated heterocycles. The Morgan fingerprint density at radius 3 is 2.71 bits per heavy atom. The maximum absolute atomic E-state index is 12.4. The van der Waals surface area contributed by atoms with Crippen molar-refractivity contribution in [1.29, 1.82) is 0 Å². The Hall–Kier alpha value is -3.00. The third-order valence-electron chi connectivity index (χ3n) is 3.25. The molecule has 120 valence electrons. The molecule has 0 spiro atoms. The molecule has 2 aromatic carbocycles. The van der Waals surface area contributed by atoms with Crippen molar-refractivity contribution in [2.24, 2.45) is 0 Å². The Balaban J connectivity index is 1.77. The molecule has 0 aliphatic carbocycles. The second-order valence-electron chi connectivity index (χ2n) is 4.92. The summed E-state index contributed by atoms with van der Waals surface area (Å²) in [6, 6.07) is 15.4. The highest BCUT2D eigenvalue weighted by Crippen LogP contribution is 2.23. The maximum atomic E-state index is 12.4. The summed E-state index contributed by atoms with van der Waals surface area (Å²) in [5, 5.41) is 18.7. The van der Waals surface area contributed by atoms with Gasteiger partial charge in [-0.05, 0) is 23.4 Å². The zero-order valence-electron chi connectivity index (χ0n) is 12.4. The van der Waals surface area contributed by atoms with Crippen LogP contribution in [0, 0.1) is 10.1 Å². The summed E-state index contributed by atoms with van der Waals surface area (Å²) in [6.45, 7) is 0.540. The van der Waals surface area contributed by atoms with Crippen LogP contribution in [0.25, 0.3) is 0 Å². The molecule has 3 aromatic rings. The van der Waals surface area contributed by atoms with Crippen molar-refractivity contribution in [3.05, 3.63) is 82.2 Å². The highest BCUT2D eigenvalue weighted by molar-refractivity contribution is 8.14. The molecule has 24 heavy (non-hydrogen) atoms. The van der Waals surface area contributed by atoms with E-state index in [1.54, 1.807) is 17.0 Å². The fraction of sp³-hybridized carbons (Fsp3) is 0.0625. The predicted octanol–water partition coefficient (Wildman–Crippen LogP) is 3.17. The lowest BCUT2D eigenvalue weighted by Crippen LogP contribution is -2.03. The van der Waals surface area contributed by atoms with Crippen LogP contribution in [0.5, 0.6) is 0 Å². The number of nitro benzene ring substituents is 1. The van der Waals surface area contributed by atoms with Gasteiger partial charge in [0.25, 0.3) is 5.69 Å². The Morgan fingerprint density at radius 1 is 1.17 bits per heavy atom. The van der Waals surface area contributed by atoms with Gasteiger partial charge in [-0.2, -0.15) is 0 Å². The molecule has 0 aliphatic rings. The van der Waals surface area contributed by atoms with E-state index < -0.39 is 4.92 Å². The number of hydrogen-bond acceptors (Lipinski definition) is 6. The summed E-state index contributed by atoms with van der Waals surface area (Å²) in [4.78, 5) is 22.6. The first-order valence-corrected chi connectivity index (χ1v) is 7.83. The second kappa shape index (κ2) is 7.05. The van der Waals surface area contributed by atoms with E-state index in [2.05, 4.69) is 10.2 Å². The quantitative estimate of drug-likeness (QED) is 0.402. The molecular weight excluding hydrogens is 328 g/mol. The Kier molecular flexibility index (Phi) is 4.66. The molecule has 0 saturated carbocycles. The lowest BCUT2D eigenvalue weighted by atomic mass is 10.2. The van der Waals surface area contributed by atoms with Crippen LogP contribution >= 0.6 is 11.8 Å². The highest BCUT2D eigenvalue weighted by atomic mass is 32.2. The number of hydrogen-bond donors (Lipinski definition) is 0. The van der Waals surface area contributed by atoms with E-state index >= 15 is 0 Å². The van der Waals surface area contributed by atoms with Crippen molar-refractivity contribution in [1.82, 2.24) is 14.8 Å². The molecule has 7 nitrogen and oxygen atoms in total. The van der Waals surface area contributed by atoms with Gasteiger partial charge in [0.2, 0.25) is 5.12 Å². The van der Waals surface area contributed by atoms with Crippen LogP contribution in [0.1, 0.15) is 15.9 Å². The summed E-state index contributed by atoms with van der Waals surface area (Å²) in [7, 11) is 0. The van der Waals surface area contributed by atoms with Gasteiger partial charge in [-0.3, -0.25) is 14.9 Å². The number of carbonyl (C=O) groups excluding carboxylic acids is 1. The summed E-state index contributed by atoms with van der Waals surface area (Å²) < 4.78 is 1.76. The fourth-order valence-electron chi connectivity index (χ4n) is 2.10. The second-order valence-corrected chi connectivity index (χ2v) is 5.86. The van der Waals surface area contributed by atoms with Gasteiger partial charge < -0.3 is 4.57 Å². The summed E-state index contributed by atoms with van der Waals surface area (Å²) in [5.74, 6) is 0. The van der Waals surface area contributed by atoms with Gasteiger partial charge in [0.15, 0.2) is 5.16 Å².